The Kier molecular flexibility index (Phi) is 7.23. The van der Waals surface area contributed by atoms with Crippen molar-refractivity contribution in [3.63, 3.8) is 0 Å². The summed E-state index contributed by atoms with van der Waals surface area (Å²) in [5.41, 5.74) is 0. The van der Waals surface area contributed by atoms with Gasteiger partial charge in [-0.25, -0.2) is 0 Å². The van der Waals surface area contributed by atoms with Crippen LogP contribution >= 0.6 is 0 Å². The molecular weight excluding hydrogens is 234 g/mol. The molecule has 0 saturated carbocycles. The predicted molar refractivity (Wildman–Crippen MR) is 68.1 cm³/mol. The molecule has 2 N–H and O–H groups in total. The first-order valence-corrected chi connectivity index (χ1v) is 6.82. The molecule has 2 atom stereocenters. The van der Waals surface area contributed by atoms with Crippen molar-refractivity contribution in [2.45, 2.75) is 38.7 Å². The van der Waals surface area contributed by atoms with Crippen LogP contribution in [0.25, 0.3) is 0 Å². The normalized spacial score (nSPS) is 22.7. The maximum Gasteiger partial charge on any atom is 0.308 e. The maximum atomic E-state index is 11.2. The lowest BCUT2D eigenvalue weighted by Gasteiger charge is -2.33. The van der Waals surface area contributed by atoms with Crippen molar-refractivity contribution in [1.29, 1.82) is 0 Å². The van der Waals surface area contributed by atoms with Gasteiger partial charge < -0.3 is 19.8 Å². The number of piperidine rings is 1. The highest BCUT2D eigenvalue weighted by Crippen LogP contribution is 2.19. The van der Waals surface area contributed by atoms with Crippen molar-refractivity contribution in [1.82, 2.24) is 4.90 Å². The van der Waals surface area contributed by atoms with Crippen molar-refractivity contribution >= 4 is 5.97 Å². The zero-order chi connectivity index (χ0) is 13.4. The van der Waals surface area contributed by atoms with Gasteiger partial charge in [0.15, 0.2) is 0 Å². The number of ether oxygens (including phenoxy) is 1. The minimum absolute atomic E-state index is 0.0645. The predicted octanol–water partition coefficient (Wildman–Crippen LogP) is 0.395. The Balaban J connectivity index is 2.26. The molecular formula is C13H25NO4. The quantitative estimate of drug-likeness (QED) is 0.647. The van der Waals surface area contributed by atoms with Gasteiger partial charge >= 0.3 is 5.97 Å². The number of nitrogens with zero attached hydrogens (tertiary/aromatic N) is 1. The smallest absolute Gasteiger partial charge is 0.308 e. The molecule has 0 spiro atoms. The second kappa shape index (κ2) is 8.45. The summed E-state index contributed by atoms with van der Waals surface area (Å²) < 4.78 is 4.81. The molecule has 0 aromatic heterocycles. The first-order chi connectivity index (χ1) is 8.65. The van der Waals surface area contributed by atoms with Crippen LogP contribution in [0.5, 0.6) is 0 Å². The summed E-state index contributed by atoms with van der Waals surface area (Å²) in [4.78, 5) is 13.4. The molecule has 0 aromatic carbocycles. The van der Waals surface area contributed by atoms with Crippen molar-refractivity contribution in [3.05, 3.63) is 0 Å². The molecule has 1 aliphatic heterocycles. The summed E-state index contributed by atoms with van der Waals surface area (Å²) in [6.07, 6.45) is 2.47. The van der Waals surface area contributed by atoms with Crippen LogP contribution in [0.3, 0.4) is 0 Å². The van der Waals surface area contributed by atoms with E-state index in [4.69, 9.17) is 9.84 Å². The number of aliphatic hydroxyl groups is 2. The van der Waals surface area contributed by atoms with E-state index in [0.717, 1.165) is 32.4 Å². The summed E-state index contributed by atoms with van der Waals surface area (Å²) in [5.74, 6) is 0.174. The zero-order valence-electron chi connectivity index (χ0n) is 11.2. The number of hydrogen-bond donors (Lipinski definition) is 2. The SMILES string of the molecule is CCOC(=O)CC(O)CN1CCCC(CCO)C1. The topological polar surface area (TPSA) is 70.0 Å². The molecule has 0 amide bonds. The zero-order valence-corrected chi connectivity index (χ0v) is 11.2. The fraction of sp³-hybridized carbons (Fsp3) is 0.923. The molecule has 2 unspecified atom stereocenters. The lowest BCUT2D eigenvalue weighted by molar-refractivity contribution is -0.145. The number of β-amino-alcohol motifs (C(OH)–C–C–N with tert-alkyl or cyclic N) is 1. The third-order valence-electron chi connectivity index (χ3n) is 3.32. The van der Waals surface area contributed by atoms with Gasteiger partial charge in [-0.15, -0.1) is 0 Å². The molecule has 1 rings (SSSR count). The van der Waals surface area contributed by atoms with Gasteiger partial charge in [0.2, 0.25) is 0 Å². The third kappa shape index (κ3) is 5.80. The largest absolute Gasteiger partial charge is 0.466 e. The average Bonchev–Trinajstić information content (AvgIpc) is 2.29. The van der Waals surface area contributed by atoms with Gasteiger partial charge in [0.25, 0.3) is 0 Å². The van der Waals surface area contributed by atoms with Crippen LogP contribution in [0.15, 0.2) is 0 Å². The molecule has 0 bridgehead atoms. The molecule has 0 aromatic rings. The van der Waals surface area contributed by atoms with E-state index in [1.54, 1.807) is 6.92 Å². The molecule has 18 heavy (non-hydrogen) atoms. The number of hydrogen-bond acceptors (Lipinski definition) is 5. The van der Waals surface area contributed by atoms with Gasteiger partial charge in [0.05, 0.1) is 19.1 Å². The van der Waals surface area contributed by atoms with Crippen LogP contribution in [0.4, 0.5) is 0 Å². The first kappa shape index (κ1) is 15.4. The van der Waals surface area contributed by atoms with E-state index >= 15 is 0 Å². The average molecular weight is 259 g/mol. The van der Waals surface area contributed by atoms with Crippen LogP contribution in [-0.2, 0) is 9.53 Å². The molecule has 1 fully saturated rings. The summed E-state index contributed by atoms with van der Waals surface area (Å²) in [6, 6.07) is 0. The Hall–Kier alpha value is -0.650. The molecule has 0 radical (unpaired) electrons. The second-order valence-corrected chi connectivity index (χ2v) is 4.94. The Bertz CT molecular complexity index is 245. The number of rotatable bonds is 7. The van der Waals surface area contributed by atoms with Crippen LogP contribution < -0.4 is 0 Å². The van der Waals surface area contributed by atoms with Crippen molar-refractivity contribution in [3.8, 4) is 0 Å². The van der Waals surface area contributed by atoms with Gasteiger partial charge in [0.1, 0.15) is 0 Å². The first-order valence-electron chi connectivity index (χ1n) is 6.82. The fourth-order valence-electron chi connectivity index (χ4n) is 2.51. The maximum absolute atomic E-state index is 11.2. The number of carbonyl (C=O) groups is 1. The minimum atomic E-state index is -0.656. The summed E-state index contributed by atoms with van der Waals surface area (Å²) in [6.45, 7) is 4.72. The summed E-state index contributed by atoms with van der Waals surface area (Å²) in [5, 5.41) is 18.8. The van der Waals surface area contributed by atoms with Gasteiger partial charge in [-0.2, -0.15) is 0 Å². The van der Waals surface area contributed by atoms with Crippen molar-refractivity contribution in [2.24, 2.45) is 5.92 Å². The number of likely N-dealkylation sites (tertiary alicyclic amines) is 1. The van der Waals surface area contributed by atoms with E-state index in [1.807, 2.05) is 0 Å². The number of esters is 1. The van der Waals surface area contributed by atoms with Crippen LogP contribution in [0.1, 0.15) is 32.6 Å². The molecule has 0 aliphatic carbocycles. The van der Waals surface area contributed by atoms with E-state index in [-0.39, 0.29) is 19.0 Å². The highest BCUT2D eigenvalue weighted by Gasteiger charge is 2.22. The highest BCUT2D eigenvalue weighted by molar-refractivity contribution is 5.69. The van der Waals surface area contributed by atoms with E-state index in [9.17, 15) is 9.90 Å². The summed E-state index contributed by atoms with van der Waals surface area (Å²) >= 11 is 0. The van der Waals surface area contributed by atoms with Gasteiger partial charge in [-0.1, -0.05) is 0 Å². The molecule has 1 heterocycles. The molecule has 5 heteroatoms. The van der Waals surface area contributed by atoms with Crippen LogP contribution in [0.2, 0.25) is 0 Å². The van der Waals surface area contributed by atoms with Crippen LogP contribution in [-0.4, -0.2) is 60.0 Å². The number of carbonyl (C=O) groups excluding carboxylic acids is 1. The third-order valence-corrected chi connectivity index (χ3v) is 3.32. The Morgan fingerprint density at radius 3 is 3.00 bits per heavy atom. The van der Waals surface area contributed by atoms with E-state index in [1.165, 1.54) is 0 Å². The van der Waals surface area contributed by atoms with Crippen molar-refractivity contribution < 1.29 is 19.7 Å². The Morgan fingerprint density at radius 1 is 1.56 bits per heavy atom. The summed E-state index contributed by atoms with van der Waals surface area (Å²) in [7, 11) is 0. The lowest BCUT2D eigenvalue weighted by atomic mass is 9.95. The molecule has 1 saturated heterocycles. The number of aliphatic hydroxyl groups excluding tert-OH is 2. The Labute approximate surface area is 109 Å². The van der Waals surface area contributed by atoms with E-state index in [2.05, 4.69) is 4.90 Å². The monoisotopic (exact) mass is 259 g/mol. The van der Waals surface area contributed by atoms with Crippen molar-refractivity contribution in [2.75, 3.05) is 32.8 Å². The van der Waals surface area contributed by atoms with Gasteiger partial charge in [0, 0.05) is 19.7 Å². The highest BCUT2D eigenvalue weighted by atomic mass is 16.5. The lowest BCUT2D eigenvalue weighted by Crippen LogP contribution is -2.41. The van der Waals surface area contributed by atoms with E-state index in [0.29, 0.717) is 19.1 Å². The fourth-order valence-corrected chi connectivity index (χ4v) is 2.51. The van der Waals surface area contributed by atoms with Gasteiger partial charge in [-0.3, -0.25) is 4.79 Å². The van der Waals surface area contributed by atoms with Crippen LogP contribution in [0, 0.1) is 5.92 Å². The van der Waals surface area contributed by atoms with Gasteiger partial charge in [-0.05, 0) is 38.6 Å². The molecule has 106 valence electrons. The molecule has 1 aliphatic rings. The molecule has 5 nitrogen and oxygen atoms in total. The minimum Gasteiger partial charge on any atom is -0.466 e. The van der Waals surface area contributed by atoms with E-state index < -0.39 is 6.10 Å². The second-order valence-electron chi connectivity index (χ2n) is 4.94. The Morgan fingerprint density at radius 2 is 2.33 bits per heavy atom. The standard InChI is InChI=1S/C13H25NO4/c1-2-18-13(17)8-12(16)10-14-6-3-4-11(9-14)5-7-15/h11-12,15-16H,2-10H2,1H3.